The van der Waals surface area contributed by atoms with Gasteiger partial charge in [0.25, 0.3) is 5.91 Å². The van der Waals surface area contributed by atoms with E-state index in [9.17, 15) is 18.0 Å². The van der Waals surface area contributed by atoms with Gasteiger partial charge in [0.05, 0.1) is 29.0 Å². The van der Waals surface area contributed by atoms with Crippen LogP contribution in [-0.2, 0) is 14.6 Å². The van der Waals surface area contributed by atoms with Crippen molar-refractivity contribution in [2.24, 2.45) is 5.92 Å². The van der Waals surface area contributed by atoms with E-state index in [-0.39, 0.29) is 23.8 Å². The number of benzene rings is 1. The molecule has 0 unspecified atom stereocenters. The van der Waals surface area contributed by atoms with E-state index >= 15 is 0 Å². The number of nitrogens with zero attached hydrogens (tertiary/aromatic N) is 2. The molecule has 2 amide bonds. The number of nitrogens with one attached hydrogen (secondary N) is 2. The van der Waals surface area contributed by atoms with E-state index in [4.69, 9.17) is 0 Å². The number of para-hydroxylation sites is 1. The fourth-order valence-electron chi connectivity index (χ4n) is 2.71. The van der Waals surface area contributed by atoms with Gasteiger partial charge in [-0.1, -0.05) is 18.2 Å². The Balaban J connectivity index is 1.51. The summed E-state index contributed by atoms with van der Waals surface area (Å²) in [5, 5.41) is 4.11. The van der Waals surface area contributed by atoms with Crippen LogP contribution < -0.4 is 10.9 Å². The summed E-state index contributed by atoms with van der Waals surface area (Å²) in [5.41, 5.74) is 5.74. The van der Waals surface area contributed by atoms with Gasteiger partial charge in [0.1, 0.15) is 0 Å². The first-order valence-electron chi connectivity index (χ1n) is 7.83. The van der Waals surface area contributed by atoms with Gasteiger partial charge in [-0.15, -0.1) is 0 Å². The van der Waals surface area contributed by atoms with Crippen LogP contribution in [0.3, 0.4) is 0 Å². The van der Waals surface area contributed by atoms with Gasteiger partial charge in [-0.3, -0.25) is 20.4 Å². The molecule has 3 rings (SSSR count). The quantitative estimate of drug-likeness (QED) is 0.768. The molecule has 8 nitrogen and oxygen atoms in total. The number of aromatic nitrogens is 2. The number of amides is 2. The summed E-state index contributed by atoms with van der Waals surface area (Å²) in [6.07, 6.45) is 3.51. The Morgan fingerprint density at radius 2 is 1.96 bits per heavy atom. The molecule has 132 valence electrons. The Morgan fingerprint density at radius 3 is 2.64 bits per heavy atom. The molecular weight excluding hydrogens is 344 g/mol. The molecule has 9 heteroatoms. The maximum Gasteiger partial charge on any atom is 0.272 e. The lowest BCUT2D eigenvalue weighted by atomic mass is 10.1. The summed E-state index contributed by atoms with van der Waals surface area (Å²) in [6, 6.07) is 9.31. The summed E-state index contributed by atoms with van der Waals surface area (Å²) < 4.78 is 24.3. The highest BCUT2D eigenvalue weighted by molar-refractivity contribution is 7.91. The van der Waals surface area contributed by atoms with Crippen LogP contribution in [0.1, 0.15) is 23.2 Å². The molecule has 1 fully saturated rings. The highest BCUT2D eigenvalue weighted by Gasteiger charge is 2.29. The summed E-state index contributed by atoms with van der Waals surface area (Å²) in [7, 11) is -3.02. The second-order valence-electron chi connectivity index (χ2n) is 5.98. The zero-order valence-electron chi connectivity index (χ0n) is 13.4. The number of hydrogen-bond acceptors (Lipinski definition) is 5. The molecule has 0 spiro atoms. The van der Waals surface area contributed by atoms with E-state index < -0.39 is 21.7 Å². The van der Waals surface area contributed by atoms with Gasteiger partial charge in [-0.05, 0) is 24.5 Å². The van der Waals surface area contributed by atoms with Crippen LogP contribution in [0.5, 0.6) is 0 Å². The third kappa shape index (κ3) is 4.44. The zero-order valence-corrected chi connectivity index (χ0v) is 14.2. The van der Waals surface area contributed by atoms with Crippen LogP contribution in [0.25, 0.3) is 5.69 Å². The minimum atomic E-state index is -3.02. The summed E-state index contributed by atoms with van der Waals surface area (Å²) in [5.74, 6) is -0.947. The van der Waals surface area contributed by atoms with Gasteiger partial charge in [-0.2, -0.15) is 5.10 Å². The molecule has 2 aromatic rings. The van der Waals surface area contributed by atoms with E-state index in [1.165, 1.54) is 6.20 Å². The van der Waals surface area contributed by atoms with Gasteiger partial charge >= 0.3 is 0 Å². The van der Waals surface area contributed by atoms with Crippen LogP contribution in [0, 0.1) is 5.92 Å². The number of hydrazine groups is 1. The van der Waals surface area contributed by atoms with Gasteiger partial charge in [0.2, 0.25) is 5.91 Å². The highest BCUT2D eigenvalue weighted by atomic mass is 32.2. The van der Waals surface area contributed by atoms with Gasteiger partial charge in [-0.25, -0.2) is 13.1 Å². The highest BCUT2D eigenvalue weighted by Crippen LogP contribution is 2.21. The number of hydrogen-bond donors (Lipinski definition) is 2. The number of carbonyl (C=O) groups excluding carboxylic acids is 2. The van der Waals surface area contributed by atoms with Crippen LogP contribution >= 0.6 is 0 Å². The molecule has 0 saturated carbocycles. The Hall–Kier alpha value is -2.68. The first-order chi connectivity index (χ1) is 11.9. The van der Waals surface area contributed by atoms with E-state index in [1.807, 2.05) is 30.3 Å². The normalized spacial score (nSPS) is 18.6. The number of rotatable bonds is 4. The summed E-state index contributed by atoms with van der Waals surface area (Å²) in [4.78, 5) is 23.9. The molecule has 1 atom stereocenters. The van der Waals surface area contributed by atoms with Crippen LogP contribution in [0.2, 0.25) is 0 Å². The molecule has 2 heterocycles. The van der Waals surface area contributed by atoms with Gasteiger partial charge in [0.15, 0.2) is 9.84 Å². The zero-order chi connectivity index (χ0) is 17.9. The first kappa shape index (κ1) is 17.2. The second-order valence-corrected chi connectivity index (χ2v) is 8.21. The Bertz CT molecular complexity index is 877. The standard InChI is InChI=1S/C16H18N4O4S/c21-15(8-12-6-7-25(23,24)11-12)18-19-16(22)13-9-17-20(10-13)14-4-2-1-3-5-14/h1-5,9-10,12H,6-8,11H2,(H,18,21)(H,19,22)/t12-/m1/s1. The average Bonchev–Trinajstić information content (AvgIpc) is 3.20. The van der Waals surface area contributed by atoms with Crippen molar-refractivity contribution in [1.29, 1.82) is 0 Å². The van der Waals surface area contributed by atoms with Crippen molar-refractivity contribution >= 4 is 21.7 Å². The topological polar surface area (TPSA) is 110 Å². The SMILES string of the molecule is O=C(C[C@H]1CCS(=O)(=O)C1)NNC(=O)c1cnn(-c2ccccc2)c1. The third-order valence-corrected chi connectivity index (χ3v) is 5.82. The molecule has 1 saturated heterocycles. The number of sulfone groups is 1. The molecule has 0 radical (unpaired) electrons. The lowest BCUT2D eigenvalue weighted by Gasteiger charge is -2.09. The Kier molecular flexibility index (Phi) is 4.84. The predicted octanol–water partition coefficient (Wildman–Crippen LogP) is 0.458. The molecule has 1 aromatic carbocycles. The Labute approximate surface area is 145 Å². The van der Waals surface area contributed by atoms with Crippen molar-refractivity contribution in [1.82, 2.24) is 20.6 Å². The van der Waals surface area contributed by atoms with E-state index in [0.717, 1.165) is 5.69 Å². The predicted molar refractivity (Wildman–Crippen MR) is 90.6 cm³/mol. The van der Waals surface area contributed by atoms with Crippen molar-refractivity contribution in [3.05, 3.63) is 48.3 Å². The largest absolute Gasteiger partial charge is 0.273 e. The minimum Gasteiger partial charge on any atom is -0.273 e. The summed E-state index contributed by atoms with van der Waals surface area (Å²) >= 11 is 0. The monoisotopic (exact) mass is 362 g/mol. The number of carbonyl (C=O) groups is 2. The van der Waals surface area contributed by atoms with Crippen molar-refractivity contribution in [3.63, 3.8) is 0 Å². The fraction of sp³-hybridized carbons (Fsp3) is 0.312. The van der Waals surface area contributed by atoms with Crippen LogP contribution in [0.4, 0.5) is 0 Å². The maximum atomic E-state index is 12.1. The van der Waals surface area contributed by atoms with E-state index in [0.29, 0.717) is 12.0 Å². The Morgan fingerprint density at radius 1 is 1.20 bits per heavy atom. The molecular formula is C16H18N4O4S. The summed E-state index contributed by atoms with van der Waals surface area (Å²) in [6.45, 7) is 0. The molecule has 0 bridgehead atoms. The van der Waals surface area contributed by atoms with Crippen molar-refractivity contribution in [3.8, 4) is 5.69 Å². The smallest absolute Gasteiger partial charge is 0.272 e. The van der Waals surface area contributed by atoms with E-state index in [2.05, 4.69) is 16.0 Å². The fourth-order valence-corrected chi connectivity index (χ4v) is 4.57. The van der Waals surface area contributed by atoms with Crippen molar-refractivity contribution in [2.75, 3.05) is 11.5 Å². The van der Waals surface area contributed by atoms with Crippen LogP contribution in [-0.4, -0.2) is 41.5 Å². The van der Waals surface area contributed by atoms with Crippen molar-refractivity contribution < 1.29 is 18.0 Å². The molecule has 2 N–H and O–H groups in total. The molecule has 25 heavy (non-hydrogen) atoms. The maximum absolute atomic E-state index is 12.1. The van der Waals surface area contributed by atoms with Gasteiger partial charge < -0.3 is 0 Å². The molecule has 1 aliphatic rings. The molecule has 1 aliphatic heterocycles. The third-order valence-electron chi connectivity index (χ3n) is 3.98. The lowest BCUT2D eigenvalue weighted by Crippen LogP contribution is -2.42. The molecule has 0 aliphatic carbocycles. The second kappa shape index (κ2) is 7.06. The van der Waals surface area contributed by atoms with E-state index in [1.54, 1.807) is 10.9 Å². The van der Waals surface area contributed by atoms with Crippen LogP contribution in [0.15, 0.2) is 42.7 Å². The van der Waals surface area contributed by atoms with Crippen molar-refractivity contribution in [2.45, 2.75) is 12.8 Å². The minimum absolute atomic E-state index is 0.0260. The average molecular weight is 362 g/mol. The first-order valence-corrected chi connectivity index (χ1v) is 9.65. The molecule has 1 aromatic heterocycles. The van der Waals surface area contributed by atoms with Gasteiger partial charge in [0, 0.05) is 12.6 Å². The lowest BCUT2D eigenvalue weighted by molar-refractivity contribution is -0.122.